The number of benzene rings is 1. The summed E-state index contributed by atoms with van der Waals surface area (Å²) in [6.07, 6.45) is 6.60. The van der Waals surface area contributed by atoms with E-state index >= 15 is 0 Å². The van der Waals surface area contributed by atoms with Gasteiger partial charge in [0.2, 0.25) is 0 Å². The Balaban J connectivity index is 2.82. The van der Waals surface area contributed by atoms with Gasteiger partial charge >= 0.3 is 0 Å². The molecule has 0 aliphatic carbocycles. The molecule has 0 heterocycles. The highest BCUT2D eigenvalue weighted by Crippen LogP contribution is 2.26. The van der Waals surface area contributed by atoms with Crippen LogP contribution in [0.2, 0.25) is 10.0 Å². The van der Waals surface area contributed by atoms with Crippen LogP contribution in [-0.2, 0) is 0 Å². The number of carbonyl (C=O) groups excluding carboxylic acids is 1. The van der Waals surface area contributed by atoms with E-state index in [1.54, 1.807) is 18.2 Å². The first-order chi connectivity index (χ1) is 10.1. The van der Waals surface area contributed by atoms with Crippen molar-refractivity contribution in [2.45, 2.75) is 52.4 Å². The molecule has 0 aromatic heterocycles. The van der Waals surface area contributed by atoms with Crippen molar-refractivity contribution in [3.63, 3.8) is 0 Å². The van der Waals surface area contributed by atoms with Gasteiger partial charge in [0.25, 0.3) is 5.91 Å². The van der Waals surface area contributed by atoms with E-state index in [2.05, 4.69) is 13.8 Å². The molecular weight excluding hydrogens is 305 g/mol. The van der Waals surface area contributed by atoms with Crippen molar-refractivity contribution in [2.75, 3.05) is 13.1 Å². The fourth-order valence-corrected chi connectivity index (χ4v) is 2.84. The van der Waals surface area contributed by atoms with Crippen LogP contribution in [0.3, 0.4) is 0 Å². The summed E-state index contributed by atoms with van der Waals surface area (Å²) in [4.78, 5) is 14.6. The van der Waals surface area contributed by atoms with Crippen LogP contribution in [0.25, 0.3) is 0 Å². The molecule has 21 heavy (non-hydrogen) atoms. The smallest absolute Gasteiger partial charge is 0.256 e. The molecule has 0 N–H and O–H groups in total. The van der Waals surface area contributed by atoms with Crippen LogP contribution >= 0.6 is 23.2 Å². The molecule has 1 aromatic rings. The number of hydrogen-bond donors (Lipinski definition) is 0. The number of amides is 1. The number of halogens is 2. The summed E-state index contributed by atoms with van der Waals surface area (Å²) in [5.74, 6) is -0.0437. The Bertz CT molecular complexity index is 418. The molecule has 0 fully saturated rings. The van der Waals surface area contributed by atoms with Gasteiger partial charge in [-0.3, -0.25) is 4.79 Å². The van der Waals surface area contributed by atoms with E-state index < -0.39 is 0 Å². The van der Waals surface area contributed by atoms with Crippen LogP contribution in [0.1, 0.15) is 62.7 Å². The molecule has 0 aliphatic heterocycles. The first-order valence-corrected chi connectivity index (χ1v) is 8.60. The third-order valence-electron chi connectivity index (χ3n) is 3.53. The molecule has 0 aliphatic rings. The quantitative estimate of drug-likeness (QED) is 0.523. The summed E-state index contributed by atoms with van der Waals surface area (Å²) in [5.41, 5.74) is 0.439. The fraction of sp³-hybridized carbons (Fsp3) is 0.588. The molecule has 0 unspecified atom stereocenters. The van der Waals surface area contributed by atoms with Gasteiger partial charge in [-0.25, -0.2) is 0 Å². The van der Waals surface area contributed by atoms with Crippen LogP contribution in [0.4, 0.5) is 0 Å². The van der Waals surface area contributed by atoms with Gasteiger partial charge < -0.3 is 4.90 Å². The maximum Gasteiger partial charge on any atom is 0.256 e. The predicted octanol–water partition coefficient (Wildman–Crippen LogP) is 5.82. The molecule has 0 radical (unpaired) electrons. The van der Waals surface area contributed by atoms with Crippen LogP contribution in [0, 0.1) is 0 Å². The zero-order valence-electron chi connectivity index (χ0n) is 13.0. The van der Waals surface area contributed by atoms with Crippen molar-refractivity contribution < 1.29 is 4.79 Å². The minimum Gasteiger partial charge on any atom is -0.339 e. The van der Waals surface area contributed by atoms with E-state index in [-0.39, 0.29) is 5.91 Å². The number of rotatable bonds is 9. The van der Waals surface area contributed by atoms with Crippen LogP contribution in [-0.4, -0.2) is 23.9 Å². The van der Waals surface area contributed by atoms with E-state index in [1.807, 2.05) is 4.90 Å². The van der Waals surface area contributed by atoms with E-state index in [9.17, 15) is 4.79 Å². The standard InChI is InChI=1S/C17H25Cl2NO/c1-3-5-7-12-20(13-8-6-4-2)17(21)16-14(18)10-9-11-15(16)19/h9-11H,3-8,12-13H2,1-2H3. The molecular formula is C17H25Cl2NO. The van der Waals surface area contributed by atoms with Crippen LogP contribution in [0.5, 0.6) is 0 Å². The fourth-order valence-electron chi connectivity index (χ4n) is 2.28. The van der Waals surface area contributed by atoms with E-state index in [0.29, 0.717) is 15.6 Å². The van der Waals surface area contributed by atoms with Crippen LogP contribution < -0.4 is 0 Å². The molecule has 0 spiro atoms. The molecule has 2 nitrogen and oxygen atoms in total. The largest absolute Gasteiger partial charge is 0.339 e. The zero-order valence-corrected chi connectivity index (χ0v) is 14.5. The topological polar surface area (TPSA) is 20.3 Å². The second-order valence-corrected chi connectivity index (χ2v) is 6.12. The zero-order chi connectivity index (χ0) is 15.7. The monoisotopic (exact) mass is 329 g/mol. The molecule has 4 heteroatoms. The summed E-state index contributed by atoms with van der Waals surface area (Å²) in [7, 11) is 0. The van der Waals surface area contributed by atoms with Gasteiger partial charge in [0, 0.05) is 13.1 Å². The van der Waals surface area contributed by atoms with Crippen molar-refractivity contribution in [3.05, 3.63) is 33.8 Å². The highest BCUT2D eigenvalue weighted by Gasteiger charge is 2.20. The number of carbonyl (C=O) groups is 1. The van der Waals surface area contributed by atoms with Crippen molar-refractivity contribution in [3.8, 4) is 0 Å². The maximum absolute atomic E-state index is 12.7. The molecule has 0 bridgehead atoms. The Morgan fingerprint density at radius 3 is 1.86 bits per heavy atom. The van der Waals surface area contributed by atoms with Crippen molar-refractivity contribution in [1.82, 2.24) is 4.90 Å². The molecule has 0 saturated heterocycles. The Kier molecular flexibility index (Phi) is 8.79. The Labute approximate surface area is 138 Å². The first-order valence-electron chi connectivity index (χ1n) is 7.85. The van der Waals surface area contributed by atoms with E-state index in [4.69, 9.17) is 23.2 Å². The lowest BCUT2D eigenvalue weighted by Gasteiger charge is -2.23. The van der Waals surface area contributed by atoms with Crippen molar-refractivity contribution in [1.29, 1.82) is 0 Å². The average molecular weight is 330 g/mol. The Hall–Kier alpha value is -0.730. The van der Waals surface area contributed by atoms with Gasteiger partial charge in [0.05, 0.1) is 15.6 Å². The second kappa shape index (κ2) is 10.1. The lowest BCUT2D eigenvalue weighted by Crippen LogP contribution is -2.33. The first kappa shape index (κ1) is 18.3. The molecule has 1 rings (SSSR count). The third-order valence-corrected chi connectivity index (χ3v) is 4.16. The molecule has 0 saturated carbocycles. The molecule has 118 valence electrons. The van der Waals surface area contributed by atoms with Gasteiger partial charge in [0.15, 0.2) is 0 Å². The van der Waals surface area contributed by atoms with E-state index in [1.165, 1.54) is 0 Å². The number of nitrogens with zero attached hydrogens (tertiary/aromatic N) is 1. The number of unbranched alkanes of at least 4 members (excludes halogenated alkanes) is 4. The summed E-state index contributed by atoms with van der Waals surface area (Å²) in [6.45, 7) is 5.87. The lowest BCUT2D eigenvalue weighted by atomic mass is 10.1. The van der Waals surface area contributed by atoms with Crippen molar-refractivity contribution in [2.24, 2.45) is 0 Å². The third kappa shape index (κ3) is 5.88. The summed E-state index contributed by atoms with van der Waals surface area (Å²) in [5, 5.41) is 0.868. The highest BCUT2D eigenvalue weighted by atomic mass is 35.5. The lowest BCUT2D eigenvalue weighted by molar-refractivity contribution is 0.0750. The van der Waals surface area contributed by atoms with Crippen LogP contribution in [0.15, 0.2) is 18.2 Å². The van der Waals surface area contributed by atoms with Gasteiger partial charge in [-0.05, 0) is 25.0 Å². The van der Waals surface area contributed by atoms with Gasteiger partial charge in [-0.15, -0.1) is 0 Å². The number of hydrogen-bond acceptors (Lipinski definition) is 1. The highest BCUT2D eigenvalue weighted by molar-refractivity contribution is 6.39. The van der Waals surface area contributed by atoms with Gasteiger partial charge in [-0.1, -0.05) is 68.8 Å². The minimum absolute atomic E-state index is 0.0437. The normalized spacial score (nSPS) is 10.7. The van der Waals surface area contributed by atoms with E-state index in [0.717, 1.165) is 51.6 Å². The summed E-state index contributed by atoms with van der Waals surface area (Å²) in [6, 6.07) is 5.20. The molecule has 0 atom stereocenters. The maximum atomic E-state index is 12.7. The Morgan fingerprint density at radius 1 is 0.952 bits per heavy atom. The summed E-state index contributed by atoms with van der Waals surface area (Å²) < 4.78 is 0. The molecule has 1 amide bonds. The van der Waals surface area contributed by atoms with Crippen molar-refractivity contribution >= 4 is 29.1 Å². The SMILES string of the molecule is CCCCCN(CCCCC)C(=O)c1c(Cl)cccc1Cl. The second-order valence-electron chi connectivity index (χ2n) is 5.30. The van der Waals surface area contributed by atoms with Gasteiger partial charge in [-0.2, -0.15) is 0 Å². The molecule has 1 aromatic carbocycles. The minimum atomic E-state index is -0.0437. The Morgan fingerprint density at radius 2 is 1.43 bits per heavy atom. The predicted molar refractivity (Wildman–Crippen MR) is 91.4 cm³/mol. The van der Waals surface area contributed by atoms with Gasteiger partial charge in [0.1, 0.15) is 0 Å². The summed E-state index contributed by atoms with van der Waals surface area (Å²) >= 11 is 12.3. The average Bonchev–Trinajstić information content (AvgIpc) is 2.45.